The second kappa shape index (κ2) is 6.20. The molecule has 0 aliphatic carbocycles. The van der Waals surface area contributed by atoms with Gasteiger partial charge in [-0.15, -0.1) is 0 Å². The van der Waals surface area contributed by atoms with Crippen molar-refractivity contribution in [1.29, 1.82) is 0 Å². The maximum absolute atomic E-state index is 11.7. The summed E-state index contributed by atoms with van der Waals surface area (Å²) in [7, 11) is -0.249. The van der Waals surface area contributed by atoms with E-state index in [0.29, 0.717) is 0 Å². The van der Waals surface area contributed by atoms with Crippen molar-refractivity contribution in [3.63, 3.8) is 0 Å². The number of carbonyl (C=O) groups is 1. The normalized spacial score (nSPS) is 17.2. The zero-order chi connectivity index (χ0) is 12.9. The summed E-state index contributed by atoms with van der Waals surface area (Å²) in [5.41, 5.74) is 0. The van der Waals surface area contributed by atoms with E-state index in [0.717, 1.165) is 25.9 Å². The molecule has 1 heterocycles. The molecule has 0 aromatic rings. The topological polar surface area (TPSA) is 69.7 Å². The summed E-state index contributed by atoms with van der Waals surface area (Å²) in [6.45, 7) is 1.70. The first kappa shape index (κ1) is 14.2. The molecule has 0 unspecified atom stereocenters. The van der Waals surface area contributed by atoms with E-state index in [4.69, 9.17) is 0 Å². The average Bonchev–Trinajstić information content (AvgIpc) is 2.29. The number of hydrogen-bond acceptors (Lipinski definition) is 3. The highest BCUT2D eigenvalue weighted by molar-refractivity contribution is 7.89. The average molecular weight is 263 g/mol. The number of carbonyl (C=O) groups excluding carboxylic acids is 1. The van der Waals surface area contributed by atoms with Gasteiger partial charge in [-0.05, 0) is 19.3 Å². The van der Waals surface area contributed by atoms with Gasteiger partial charge in [-0.3, -0.25) is 0 Å². The van der Waals surface area contributed by atoms with Crippen LogP contribution < -0.4 is 5.32 Å². The Labute approximate surface area is 103 Å². The fraction of sp³-hybridized carbons (Fsp3) is 0.900. The van der Waals surface area contributed by atoms with Crippen LogP contribution in [0.2, 0.25) is 0 Å². The van der Waals surface area contributed by atoms with Crippen LogP contribution in [0.1, 0.15) is 19.3 Å². The molecule has 1 N–H and O–H groups in total. The first-order valence-electron chi connectivity index (χ1n) is 5.86. The van der Waals surface area contributed by atoms with Crippen molar-refractivity contribution in [2.24, 2.45) is 0 Å². The van der Waals surface area contributed by atoms with Gasteiger partial charge in [-0.1, -0.05) is 0 Å². The Bertz CT molecular complexity index is 348. The van der Waals surface area contributed by atoms with Crippen molar-refractivity contribution >= 4 is 16.1 Å². The first-order valence-corrected chi connectivity index (χ1v) is 7.47. The summed E-state index contributed by atoms with van der Waals surface area (Å²) in [6, 6.07) is -0.154. The van der Waals surface area contributed by atoms with Crippen LogP contribution in [0.3, 0.4) is 0 Å². The Kier molecular flexibility index (Phi) is 5.20. The molecule has 1 aliphatic rings. The van der Waals surface area contributed by atoms with E-state index in [-0.39, 0.29) is 18.3 Å². The van der Waals surface area contributed by atoms with E-state index >= 15 is 0 Å². The summed E-state index contributed by atoms with van der Waals surface area (Å²) in [5.74, 6) is -0.0560. The molecular formula is C10H21N3O3S. The van der Waals surface area contributed by atoms with Crippen LogP contribution in [0.25, 0.3) is 0 Å². The standard InChI is InChI=1S/C10H21N3O3S/c1-12(2)17(15,16)9-6-11-10(14)13-7-4-3-5-8-13/h3-9H2,1-2H3,(H,11,14). The second-order valence-corrected chi connectivity index (χ2v) is 6.68. The molecule has 2 amide bonds. The van der Waals surface area contributed by atoms with Crippen molar-refractivity contribution in [2.75, 3.05) is 39.5 Å². The van der Waals surface area contributed by atoms with Crippen LogP contribution in [0.5, 0.6) is 0 Å². The highest BCUT2D eigenvalue weighted by Crippen LogP contribution is 2.08. The van der Waals surface area contributed by atoms with Gasteiger partial charge in [-0.25, -0.2) is 17.5 Å². The lowest BCUT2D eigenvalue weighted by molar-refractivity contribution is 0.187. The van der Waals surface area contributed by atoms with Crippen LogP contribution >= 0.6 is 0 Å². The van der Waals surface area contributed by atoms with Crippen LogP contribution in [0.15, 0.2) is 0 Å². The number of likely N-dealkylation sites (tertiary alicyclic amines) is 1. The molecule has 1 fully saturated rings. The van der Waals surface area contributed by atoms with E-state index in [1.807, 2.05) is 0 Å². The molecule has 7 heteroatoms. The molecule has 0 aromatic heterocycles. The van der Waals surface area contributed by atoms with Crippen LogP contribution in [0.4, 0.5) is 4.79 Å². The number of hydrogen-bond donors (Lipinski definition) is 1. The SMILES string of the molecule is CN(C)S(=O)(=O)CCNC(=O)N1CCCCC1. The number of piperidine rings is 1. The number of rotatable bonds is 4. The van der Waals surface area contributed by atoms with Gasteiger partial charge in [-0.2, -0.15) is 0 Å². The molecule has 0 bridgehead atoms. The number of amides is 2. The number of urea groups is 1. The third-order valence-electron chi connectivity index (χ3n) is 2.84. The van der Waals surface area contributed by atoms with Gasteiger partial charge in [0.25, 0.3) is 0 Å². The lowest BCUT2D eigenvalue weighted by atomic mass is 10.1. The predicted molar refractivity (Wildman–Crippen MR) is 66.3 cm³/mol. The third kappa shape index (κ3) is 4.51. The van der Waals surface area contributed by atoms with Gasteiger partial charge in [0.1, 0.15) is 0 Å². The number of nitrogens with zero attached hydrogens (tertiary/aromatic N) is 2. The number of sulfonamides is 1. The fourth-order valence-corrected chi connectivity index (χ4v) is 2.40. The van der Waals surface area contributed by atoms with E-state index < -0.39 is 10.0 Å². The van der Waals surface area contributed by atoms with Crippen molar-refractivity contribution in [2.45, 2.75) is 19.3 Å². The molecule has 0 atom stereocenters. The molecule has 1 rings (SSSR count). The zero-order valence-electron chi connectivity index (χ0n) is 10.5. The molecule has 1 aliphatic heterocycles. The summed E-state index contributed by atoms with van der Waals surface area (Å²) in [5, 5.41) is 2.64. The van der Waals surface area contributed by atoms with Crippen LogP contribution in [-0.2, 0) is 10.0 Å². The molecule has 0 spiro atoms. The van der Waals surface area contributed by atoms with E-state index in [9.17, 15) is 13.2 Å². The quantitative estimate of drug-likeness (QED) is 0.780. The number of nitrogens with one attached hydrogen (secondary N) is 1. The van der Waals surface area contributed by atoms with E-state index in [1.54, 1.807) is 4.90 Å². The van der Waals surface area contributed by atoms with Crippen LogP contribution in [-0.4, -0.2) is 63.1 Å². The minimum Gasteiger partial charge on any atom is -0.337 e. The van der Waals surface area contributed by atoms with Gasteiger partial charge in [0.15, 0.2) is 0 Å². The lowest BCUT2D eigenvalue weighted by Crippen LogP contribution is -2.44. The van der Waals surface area contributed by atoms with E-state index in [2.05, 4.69) is 5.32 Å². The Morgan fingerprint density at radius 3 is 2.35 bits per heavy atom. The summed E-state index contributed by atoms with van der Waals surface area (Å²) < 4.78 is 24.1. The summed E-state index contributed by atoms with van der Waals surface area (Å²) >= 11 is 0. The fourth-order valence-electron chi connectivity index (χ4n) is 1.68. The third-order valence-corrected chi connectivity index (χ3v) is 4.67. The highest BCUT2D eigenvalue weighted by Gasteiger charge is 2.17. The monoisotopic (exact) mass is 263 g/mol. The van der Waals surface area contributed by atoms with Crippen molar-refractivity contribution < 1.29 is 13.2 Å². The Balaban J connectivity index is 2.29. The first-order chi connectivity index (χ1) is 7.93. The Morgan fingerprint density at radius 1 is 1.24 bits per heavy atom. The van der Waals surface area contributed by atoms with Gasteiger partial charge < -0.3 is 10.2 Å². The summed E-state index contributed by atoms with van der Waals surface area (Å²) in [4.78, 5) is 13.4. The highest BCUT2D eigenvalue weighted by atomic mass is 32.2. The van der Waals surface area contributed by atoms with Crippen molar-refractivity contribution in [3.05, 3.63) is 0 Å². The van der Waals surface area contributed by atoms with E-state index in [1.165, 1.54) is 24.8 Å². The maximum atomic E-state index is 11.7. The molecule has 1 saturated heterocycles. The molecular weight excluding hydrogens is 242 g/mol. The smallest absolute Gasteiger partial charge is 0.317 e. The van der Waals surface area contributed by atoms with Crippen molar-refractivity contribution in [1.82, 2.24) is 14.5 Å². The molecule has 6 nitrogen and oxygen atoms in total. The predicted octanol–water partition coefficient (Wildman–Crippen LogP) is 0.0733. The summed E-state index contributed by atoms with van der Waals surface area (Å²) in [6.07, 6.45) is 3.23. The Morgan fingerprint density at radius 2 is 1.82 bits per heavy atom. The van der Waals surface area contributed by atoms with Gasteiger partial charge in [0.05, 0.1) is 5.75 Å². The molecule has 17 heavy (non-hydrogen) atoms. The lowest BCUT2D eigenvalue weighted by Gasteiger charge is -2.26. The second-order valence-electron chi connectivity index (χ2n) is 4.38. The minimum atomic E-state index is -3.22. The molecule has 0 aromatic carbocycles. The zero-order valence-corrected chi connectivity index (χ0v) is 11.3. The van der Waals surface area contributed by atoms with Gasteiger partial charge in [0.2, 0.25) is 10.0 Å². The van der Waals surface area contributed by atoms with Crippen molar-refractivity contribution in [3.8, 4) is 0 Å². The van der Waals surface area contributed by atoms with Crippen LogP contribution in [0, 0.1) is 0 Å². The minimum absolute atomic E-state index is 0.0560. The molecule has 100 valence electrons. The Hall–Kier alpha value is -0.820. The largest absolute Gasteiger partial charge is 0.337 e. The van der Waals surface area contributed by atoms with Gasteiger partial charge >= 0.3 is 6.03 Å². The molecule has 0 saturated carbocycles. The van der Waals surface area contributed by atoms with Gasteiger partial charge in [0, 0.05) is 33.7 Å². The molecule has 0 radical (unpaired) electrons. The maximum Gasteiger partial charge on any atom is 0.317 e.